The molecule has 5 nitrogen and oxygen atoms in total. The lowest BCUT2D eigenvalue weighted by molar-refractivity contribution is 0.0779. The minimum Gasteiger partial charge on any atom is -0.334 e. The van der Waals surface area contributed by atoms with Crippen molar-refractivity contribution in [1.82, 2.24) is 19.4 Å². The van der Waals surface area contributed by atoms with E-state index >= 15 is 0 Å². The molecular formula is C24H24N4O. The van der Waals surface area contributed by atoms with Gasteiger partial charge in [-0.2, -0.15) is 0 Å². The number of aryl methyl sites for hydroxylation is 2. The number of hydrogen-bond donors (Lipinski definition) is 0. The number of imidazole rings is 1. The average molecular weight is 384 g/mol. The zero-order valence-corrected chi connectivity index (χ0v) is 17.0. The molecule has 0 aliphatic carbocycles. The smallest absolute Gasteiger partial charge is 0.255 e. The van der Waals surface area contributed by atoms with Crippen LogP contribution in [0.4, 0.5) is 0 Å². The van der Waals surface area contributed by atoms with Gasteiger partial charge < -0.3 is 9.47 Å². The molecule has 0 bridgehead atoms. The zero-order valence-electron chi connectivity index (χ0n) is 17.0. The molecule has 0 fully saturated rings. The van der Waals surface area contributed by atoms with Crippen LogP contribution in [0.15, 0.2) is 66.7 Å². The van der Waals surface area contributed by atoms with Gasteiger partial charge in [0.15, 0.2) is 0 Å². The molecule has 146 valence electrons. The number of rotatable bonds is 5. The molecule has 0 saturated carbocycles. The van der Waals surface area contributed by atoms with Crippen LogP contribution >= 0.6 is 0 Å². The van der Waals surface area contributed by atoms with Gasteiger partial charge in [-0.3, -0.25) is 9.78 Å². The van der Waals surface area contributed by atoms with Gasteiger partial charge in [0.25, 0.3) is 5.91 Å². The van der Waals surface area contributed by atoms with E-state index in [1.807, 2.05) is 74.6 Å². The highest BCUT2D eigenvalue weighted by molar-refractivity contribution is 5.95. The number of carbonyl (C=O) groups excluding carboxylic acids is 1. The first-order chi connectivity index (χ1) is 14.1. The third-order valence-corrected chi connectivity index (χ3v) is 5.16. The maximum absolute atomic E-state index is 13.1. The Kier molecular flexibility index (Phi) is 5.12. The Morgan fingerprint density at radius 2 is 1.69 bits per heavy atom. The number of amides is 1. The Morgan fingerprint density at radius 3 is 2.41 bits per heavy atom. The van der Waals surface area contributed by atoms with Gasteiger partial charge >= 0.3 is 0 Å². The number of carbonyl (C=O) groups is 1. The Morgan fingerprint density at radius 1 is 0.966 bits per heavy atom. The van der Waals surface area contributed by atoms with Gasteiger partial charge in [-0.05, 0) is 38.1 Å². The minimum absolute atomic E-state index is 0.0516. The summed E-state index contributed by atoms with van der Waals surface area (Å²) < 4.78 is 2.16. The molecular weight excluding hydrogens is 360 g/mol. The summed E-state index contributed by atoms with van der Waals surface area (Å²) in [5.74, 6) is 0.834. The quantitative estimate of drug-likeness (QED) is 0.501. The van der Waals surface area contributed by atoms with Crippen molar-refractivity contribution in [2.45, 2.75) is 26.9 Å². The second kappa shape index (κ2) is 7.87. The van der Waals surface area contributed by atoms with Crippen molar-refractivity contribution in [2.75, 3.05) is 7.05 Å². The van der Waals surface area contributed by atoms with Gasteiger partial charge in [-0.1, -0.05) is 42.5 Å². The van der Waals surface area contributed by atoms with Crippen LogP contribution in [0.2, 0.25) is 0 Å². The van der Waals surface area contributed by atoms with E-state index < -0.39 is 0 Å². The maximum atomic E-state index is 13.1. The molecule has 0 spiro atoms. The van der Waals surface area contributed by atoms with Crippen LogP contribution in [0, 0.1) is 6.92 Å². The predicted molar refractivity (Wildman–Crippen MR) is 116 cm³/mol. The van der Waals surface area contributed by atoms with Crippen LogP contribution in [0.3, 0.4) is 0 Å². The number of aromatic nitrogens is 3. The first-order valence-electron chi connectivity index (χ1n) is 9.81. The normalized spacial score (nSPS) is 11.0. The number of fused-ring (bicyclic) bond motifs is 1. The summed E-state index contributed by atoms with van der Waals surface area (Å²) in [5, 5.41) is 0. The molecule has 1 amide bonds. The van der Waals surface area contributed by atoms with Gasteiger partial charge in [0, 0.05) is 19.2 Å². The van der Waals surface area contributed by atoms with E-state index in [0.717, 1.165) is 40.4 Å². The van der Waals surface area contributed by atoms with Gasteiger partial charge in [-0.15, -0.1) is 0 Å². The number of para-hydroxylation sites is 2. The minimum atomic E-state index is -0.0516. The van der Waals surface area contributed by atoms with Crippen molar-refractivity contribution in [1.29, 1.82) is 0 Å². The summed E-state index contributed by atoms with van der Waals surface area (Å²) in [7, 11) is 1.81. The Balaban J connectivity index is 1.58. The van der Waals surface area contributed by atoms with Crippen LogP contribution in [0.25, 0.3) is 22.3 Å². The lowest BCUT2D eigenvalue weighted by atomic mass is 10.1. The van der Waals surface area contributed by atoms with E-state index in [2.05, 4.69) is 22.5 Å². The predicted octanol–water partition coefficient (Wildman–Crippen LogP) is 4.70. The van der Waals surface area contributed by atoms with E-state index in [1.54, 1.807) is 4.90 Å². The molecule has 0 N–H and O–H groups in total. The zero-order chi connectivity index (χ0) is 20.4. The summed E-state index contributed by atoms with van der Waals surface area (Å²) in [4.78, 5) is 24.2. The highest BCUT2D eigenvalue weighted by Crippen LogP contribution is 2.21. The topological polar surface area (TPSA) is 51.0 Å². The van der Waals surface area contributed by atoms with E-state index in [-0.39, 0.29) is 5.91 Å². The fraction of sp³-hybridized carbons (Fsp3) is 0.208. The molecule has 0 aliphatic heterocycles. The standard InChI is InChI=1S/C24H24N4O/c1-4-28-22-13-9-8-12-21(22)26-23(28)16-27(3)24(29)19-14-15-20(25-17(19)2)18-10-6-5-7-11-18/h5-15H,4,16H2,1-3H3. The van der Waals surface area contributed by atoms with Gasteiger partial charge in [0.1, 0.15) is 5.82 Å². The Labute approximate surface area is 170 Å². The molecule has 0 atom stereocenters. The van der Waals surface area contributed by atoms with Crippen LogP contribution in [-0.2, 0) is 13.1 Å². The largest absolute Gasteiger partial charge is 0.334 e. The van der Waals surface area contributed by atoms with E-state index in [1.165, 1.54) is 0 Å². The maximum Gasteiger partial charge on any atom is 0.255 e. The molecule has 4 aromatic rings. The second-order valence-corrected chi connectivity index (χ2v) is 7.12. The second-order valence-electron chi connectivity index (χ2n) is 7.12. The number of benzene rings is 2. The van der Waals surface area contributed by atoms with Crippen molar-refractivity contribution >= 4 is 16.9 Å². The van der Waals surface area contributed by atoms with E-state index in [9.17, 15) is 4.79 Å². The molecule has 0 aliphatic rings. The van der Waals surface area contributed by atoms with Crippen LogP contribution in [0.1, 0.15) is 28.8 Å². The fourth-order valence-electron chi connectivity index (χ4n) is 3.65. The van der Waals surface area contributed by atoms with Crippen molar-refractivity contribution in [3.8, 4) is 11.3 Å². The molecule has 2 aromatic carbocycles. The fourth-order valence-corrected chi connectivity index (χ4v) is 3.65. The van der Waals surface area contributed by atoms with Gasteiger partial charge in [-0.25, -0.2) is 4.98 Å². The number of hydrogen-bond acceptors (Lipinski definition) is 3. The summed E-state index contributed by atoms with van der Waals surface area (Å²) in [5.41, 5.74) is 5.31. The number of pyridine rings is 1. The van der Waals surface area contributed by atoms with Crippen molar-refractivity contribution < 1.29 is 4.79 Å². The van der Waals surface area contributed by atoms with Crippen molar-refractivity contribution in [3.63, 3.8) is 0 Å². The van der Waals surface area contributed by atoms with Crippen molar-refractivity contribution in [3.05, 3.63) is 83.8 Å². The summed E-state index contributed by atoms with van der Waals surface area (Å²) in [6, 6.07) is 21.8. The highest BCUT2D eigenvalue weighted by Gasteiger charge is 2.19. The van der Waals surface area contributed by atoms with E-state index in [4.69, 9.17) is 4.98 Å². The summed E-state index contributed by atoms with van der Waals surface area (Å²) in [6.45, 7) is 5.23. The monoisotopic (exact) mass is 384 g/mol. The first kappa shape index (κ1) is 18.9. The molecule has 29 heavy (non-hydrogen) atoms. The molecule has 2 aromatic heterocycles. The van der Waals surface area contributed by atoms with Gasteiger partial charge in [0.2, 0.25) is 0 Å². The lowest BCUT2D eigenvalue weighted by Gasteiger charge is -2.19. The third-order valence-electron chi connectivity index (χ3n) is 5.16. The van der Waals surface area contributed by atoms with Crippen LogP contribution in [-0.4, -0.2) is 32.4 Å². The first-order valence-corrected chi connectivity index (χ1v) is 9.81. The number of nitrogens with zero attached hydrogens (tertiary/aromatic N) is 4. The van der Waals surface area contributed by atoms with Crippen molar-refractivity contribution in [2.24, 2.45) is 0 Å². The lowest BCUT2D eigenvalue weighted by Crippen LogP contribution is -2.28. The Hall–Kier alpha value is -3.47. The van der Waals surface area contributed by atoms with E-state index in [0.29, 0.717) is 12.1 Å². The molecule has 0 radical (unpaired) electrons. The third kappa shape index (κ3) is 3.63. The summed E-state index contributed by atoms with van der Waals surface area (Å²) >= 11 is 0. The molecule has 2 heterocycles. The van der Waals surface area contributed by atoms with Crippen LogP contribution in [0.5, 0.6) is 0 Å². The average Bonchev–Trinajstić information content (AvgIpc) is 3.10. The molecule has 4 rings (SSSR count). The molecule has 0 saturated heterocycles. The van der Waals surface area contributed by atoms with Crippen LogP contribution < -0.4 is 0 Å². The summed E-state index contributed by atoms with van der Waals surface area (Å²) in [6.07, 6.45) is 0. The molecule has 5 heteroatoms. The van der Waals surface area contributed by atoms with Gasteiger partial charge in [0.05, 0.1) is 34.5 Å². The Bertz CT molecular complexity index is 1160. The molecule has 0 unspecified atom stereocenters. The highest BCUT2D eigenvalue weighted by atomic mass is 16.2. The SMILES string of the molecule is CCn1c(CN(C)C(=O)c2ccc(-c3ccccc3)nc2C)nc2ccccc21.